The zero-order chi connectivity index (χ0) is 13.6. The highest BCUT2D eigenvalue weighted by Gasteiger charge is 2.41. The second kappa shape index (κ2) is 6.55. The molecule has 18 heavy (non-hydrogen) atoms. The van der Waals surface area contributed by atoms with E-state index in [0.29, 0.717) is 39.1 Å². The van der Waals surface area contributed by atoms with E-state index in [0.717, 1.165) is 0 Å². The quantitative estimate of drug-likeness (QED) is 0.618. The topological polar surface area (TPSA) is 90.9 Å². The number of nitrogens with zero attached hydrogens (tertiary/aromatic N) is 1. The molecule has 1 rings (SSSR count). The van der Waals surface area contributed by atoms with Crippen molar-refractivity contribution in [2.75, 3.05) is 40.4 Å². The predicted molar refractivity (Wildman–Crippen MR) is 65.5 cm³/mol. The van der Waals surface area contributed by atoms with E-state index in [-0.39, 0.29) is 0 Å². The Labute approximate surface area is 106 Å². The molecule has 1 saturated heterocycles. The number of carbonyl (C=O) groups is 2. The van der Waals surface area contributed by atoms with Gasteiger partial charge in [0.15, 0.2) is 0 Å². The Morgan fingerprint density at radius 2 is 1.94 bits per heavy atom. The van der Waals surface area contributed by atoms with E-state index >= 15 is 0 Å². The van der Waals surface area contributed by atoms with Crippen molar-refractivity contribution < 1.29 is 19.4 Å². The molecule has 2 amide bonds. The molecule has 7 nitrogen and oxygen atoms in total. The SMILES string of the molecule is CN(C)CCNC(=O)NC1(C(=O)O)CCOCC1. The van der Waals surface area contributed by atoms with Crippen molar-refractivity contribution in [1.29, 1.82) is 0 Å². The Morgan fingerprint density at radius 1 is 1.33 bits per heavy atom. The van der Waals surface area contributed by atoms with Crippen molar-refractivity contribution >= 4 is 12.0 Å². The fraction of sp³-hybridized carbons (Fsp3) is 0.818. The van der Waals surface area contributed by atoms with E-state index < -0.39 is 17.5 Å². The lowest BCUT2D eigenvalue weighted by atomic mass is 9.90. The Bertz CT molecular complexity index is 301. The number of ether oxygens (including phenoxy) is 1. The number of aliphatic carboxylic acids is 1. The highest BCUT2D eigenvalue weighted by molar-refractivity contribution is 5.86. The van der Waals surface area contributed by atoms with Crippen LogP contribution in [0.25, 0.3) is 0 Å². The van der Waals surface area contributed by atoms with Crippen molar-refractivity contribution in [2.45, 2.75) is 18.4 Å². The van der Waals surface area contributed by atoms with E-state index in [1.54, 1.807) is 0 Å². The minimum Gasteiger partial charge on any atom is -0.480 e. The summed E-state index contributed by atoms with van der Waals surface area (Å²) in [5, 5.41) is 14.4. The van der Waals surface area contributed by atoms with Gasteiger partial charge in [-0.3, -0.25) is 0 Å². The minimum absolute atomic E-state index is 0.295. The van der Waals surface area contributed by atoms with Crippen molar-refractivity contribution in [3.8, 4) is 0 Å². The van der Waals surface area contributed by atoms with Gasteiger partial charge >= 0.3 is 12.0 Å². The third-order valence-electron chi connectivity index (χ3n) is 2.95. The normalized spacial score (nSPS) is 18.4. The third-order valence-corrected chi connectivity index (χ3v) is 2.95. The number of hydrogen-bond acceptors (Lipinski definition) is 4. The second-order valence-electron chi connectivity index (χ2n) is 4.68. The molecule has 0 spiro atoms. The number of nitrogens with one attached hydrogen (secondary N) is 2. The van der Waals surface area contributed by atoms with Gasteiger partial charge in [0.1, 0.15) is 5.54 Å². The van der Waals surface area contributed by atoms with Crippen LogP contribution in [-0.2, 0) is 9.53 Å². The van der Waals surface area contributed by atoms with Gasteiger partial charge in [0.05, 0.1) is 0 Å². The second-order valence-corrected chi connectivity index (χ2v) is 4.68. The lowest BCUT2D eigenvalue weighted by molar-refractivity contribution is -0.148. The highest BCUT2D eigenvalue weighted by atomic mass is 16.5. The molecule has 0 saturated carbocycles. The molecule has 1 aliphatic rings. The summed E-state index contributed by atoms with van der Waals surface area (Å²) >= 11 is 0. The van der Waals surface area contributed by atoms with Gasteiger partial charge in [-0.1, -0.05) is 0 Å². The number of amides is 2. The van der Waals surface area contributed by atoms with Crippen molar-refractivity contribution in [2.24, 2.45) is 0 Å². The predicted octanol–water partition coefficient (Wildman–Crippen LogP) is -0.519. The maximum absolute atomic E-state index is 11.7. The van der Waals surface area contributed by atoms with Crippen molar-refractivity contribution in [3.05, 3.63) is 0 Å². The van der Waals surface area contributed by atoms with Crippen LogP contribution in [0.5, 0.6) is 0 Å². The summed E-state index contributed by atoms with van der Waals surface area (Å²) in [7, 11) is 3.80. The van der Waals surface area contributed by atoms with E-state index in [1.807, 2.05) is 19.0 Å². The Kier molecular flexibility index (Phi) is 5.36. The number of carboxylic acids is 1. The van der Waals surface area contributed by atoms with Crippen LogP contribution in [0.1, 0.15) is 12.8 Å². The largest absolute Gasteiger partial charge is 0.480 e. The molecule has 104 valence electrons. The molecule has 0 aromatic heterocycles. The summed E-state index contributed by atoms with van der Waals surface area (Å²) in [5.41, 5.74) is -1.19. The van der Waals surface area contributed by atoms with Crippen LogP contribution in [0, 0.1) is 0 Å². The van der Waals surface area contributed by atoms with E-state index in [4.69, 9.17) is 4.74 Å². The van der Waals surface area contributed by atoms with Gasteiger partial charge in [0.2, 0.25) is 0 Å². The zero-order valence-electron chi connectivity index (χ0n) is 10.9. The number of likely N-dealkylation sites (N-methyl/N-ethyl adjacent to an activating group) is 1. The highest BCUT2D eigenvalue weighted by Crippen LogP contribution is 2.20. The summed E-state index contributed by atoms with van der Waals surface area (Å²) < 4.78 is 5.13. The maximum atomic E-state index is 11.7. The van der Waals surface area contributed by atoms with Crippen LogP contribution in [-0.4, -0.2) is 67.9 Å². The monoisotopic (exact) mass is 259 g/mol. The summed E-state index contributed by atoms with van der Waals surface area (Å²) in [4.78, 5) is 24.9. The molecular weight excluding hydrogens is 238 g/mol. The van der Waals surface area contributed by atoms with Crippen LogP contribution < -0.4 is 10.6 Å². The van der Waals surface area contributed by atoms with Crippen LogP contribution in [0.4, 0.5) is 4.79 Å². The van der Waals surface area contributed by atoms with Crippen LogP contribution in [0.3, 0.4) is 0 Å². The first kappa shape index (κ1) is 14.7. The Hall–Kier alpha value is -1.34. The smallest absolute Gasteiger partial charge is 0.329 e. The third kappa shape index (κ3) is 4.15. The van der Waals surface area contributed by atoms with E-state index in [2.05, 4.69) is 10.6 Å². The zero-order valence-corrected chi connectivity index (χ0v) is 10.9. The average molecular weight is 259 g/mol. The first-order valence-corrected chi connectivity index (χ1v) is 5.98. The van der Waals surface area contributed by atoms with Gasteiger partial charge in [-0.15, -0.1) is 0 Å². The lowest BCUT2D eigenvalue weighted by Gasteiger charge is -2.33. The average Bonchev–Trinajstić information content (AvgIpc) is 2.29. The molecule has 7 heteroatoms. The number of urea groups is 1. The molecule has 0 bridgehead atoms. The maximum Gasteiger partial charge on any atom is 0.329 e. The standard InChI is InChI=1S/C11H21N3O4/c1-14(2)6-5-12-10(17)13-11(9(15)16)3-7-18-8-4-11/h3-8H2,1-2H3,(H,15,16)(H2,12,13,17). The molecule has 0 aromatic carbocycles. The fourth-order valence-corrected chi connectivity index (χ4v) is 1.77. The van der Waals surface area contributed by atoms with E-state index in [9.17, 15) is 14.7 Å². The molecule has 1 fully saturated rings. The summed E-state index contributed by atoms with van der Waals surface area (Å²) in [5.74, 6) is -1.01. The molecule has 1 aliphatic heterocycles. The number of hydrogen-bond donors (Lipinski definition) is 3. The Balaban J connectivity index is 2.46. The van der Waals surface area contributed by atoms with Gasteiger partial charge in [-0.05, 0) is 14.1 Å². The van der Waals surface area contributed by atoms with Gasteiger partial charge in [0, 0.05) is 39.1 Å². The molecule has 0 unspecified atom stereocenters. The number of carbonyl (C=O) groups excluding carboxylic acids is 1. The van der Waals surface area contributed by atoms with Gasteiger partial charge in [-0.25, -0.2) is 9.59 Å². The van der Waals surface area contributed by atoms with Crippen LogP contribution >= 0.6 is 0 Å². The van der Waals surface area contributed by atoms with Crippen LogP contribution in [0.2, 0.25) is 0 Å². The van der Waals surface area contributed by atoms with Crippen molar-refractivity contribution in [1.82, 2.24) is 15.5 Å². The molecule has 3 N–H and O–H groups in total. The summed E-state index contributed by atoms with van der Waals surface area (Å²) in [6.45, 7) is 1.89. The minimum atomic E-state index is -1.19. The molecular formula is C11H21N3O4. The summed E-state index contributed by atoms with van der Waals surface area (Å²) in [6, 6.07) is -0.443. The lowest BCUT2D eigenvalue weighted by Crippen LogP contribution is -2.59. The number of rotatable bonds is 5. The van der Waals surface area contributed by atoms with E-state index in [1.165, 1.54) is 0 Å². The van der Waals surface area contributed by atoms with Gasteiger partial charge < -0.3 is 25.4 Å². The van der Waals surface area contributed by atoms with Gasteiger partial charge in [0.25, 0.3) is 0 Å². The van der Waals surface area contributed by atoms with Crippen molar-refractivity contribution in [3.63, 3.8) is 0 Å². The van der Waals surface area contributed by atoms with Gasteiger partial charge in [-0.2, -0.15) is 0 Å². The fourth-order valence-electron chi connectivity index (χ4n) is 1.77. The molecule has 0 atom stereocenters. The Morgan fingerprint density at radius 3 is 2.44 bits per heavy atom. The summed E-state index contributed by atoms with van der Waals surface area (Å²) in [6.07, 6.45) is 0.590. The first-order valence-electron chi connectivity index (χ1n) is 5.98. The molecule has 0 aromatic rings. The first-order chi connectivity index (χ1) is 8.46. The molecule has 0 radical (unpaired) electrons. The number of carboxylic acid groups (broad SMARTS) is 1. The molecule has 1 heterocycles. The molecule has 0 aliphatic carbocycles. The van der Waals surface area contributed by atoms with Crippen LogP contribution in [0.15, 0.2) is 0 Å².